The third-order valence-corrected chi connectivity index (χ3v) is 3.81. The van der Waals surface area contributed by atoms with Crippen LogP contribution in [-0.4, -0.2) is 44.5 Å². The Morgan fingerprint density at radius 1 is 1.04 bits per heavy atom. The Morgan fingerprint density at radius 3 is 2.37 bits per heavy atom. The van der Waals surface area contributed by atoms with Crippen LogP contribution in [0.1, 0.15) is 11.1 Å². The molecule has 0 radical (unpaired) electrons. The van der Waals surface area contributed by atoms with Gasteiger partial charge in [-0.15, -0.1) is 24.0 Å². The largest absolute Gasteiger partial charge is 0.496 e. The molecule has 0 atom stereocenters. The molecule has 0 aliphatic rings. The average molecular weight is 482 g/mol. The predicted molar refractivity (Wildman–Crippen MR) is 120 cm³/mol. The van der Waals surface area contributed by atoms with Gasteiger partial charge in [0.05, 0.1) is 20.2 Å². The molecule has 0 saturated carbocycles. The summed E-state index contributed by atoms with van der Waals surface area (Å²) in [6, 6.07) is 17.8. The molecule has 6 nitrogen and oxygen atoms in total. The van der Waals surface area contributed by atoms with Crippen LogP contribution < -0.4 is 15.4 Å². The third kappa shape index (κ3) is 7.86. The number of carbonyl (C=O) groups excluding carboxylic acids is 1. The second-order valence-corrected chi connectivity index (χ2v) is 5.96. The van der Waals surface area contributed by atoms with E-state index in [9.17, 15) is 4.79 Å². The van der Waals surface area contributed by atoms with Gasteiger partial charge in [0.1, 0.15) is 5.75 Å². The molecule has 2 N–H and O–H groups in total. The van der Waals surface area contributed by atoms with E-state index in [2.05, 4.69) is 15.6 Å². The number of aliphatic imine (C=N–C) groups is 1. The van der Waals surface area contributed by atoms with E-state index in [1.165, 1.54) is 0 Å². The Bertz CT molecular complexity index is 736. The standard InChI is InChI=1S/C20H26N4O2.HI/c1-24(2)19(25)15-23-20(21-13-16-9-5-4-6-10-16)22-14-17-11-7-8-12-18(17)26-3;/h4-12H,13-15H2,1-3H3,(H2,21,22,23);1H. The number of para-hydroxylation sites is 1. The highest BCUT2D eigenvalue weighted by atomic mass is 127. The zero-order valence-corrected chi connectivity index (χ0v) is 18.3. The van der Waals surface area contributed by atoms with Crippen molar-refractivity contribution in [2.45, 2.75) is 13.1 Å². The van der Waals surface area contributed by atoms with Crippen molar-refractivity contribution in [1.29, 1.82) is 0 Å². The highest BCUT2D eigenvalue weighted by Crippen LogP contribution is 2.16. The molecule has 0 fully saturated rings. The maximum absolute atomic E-state index is 11.9. The Kier molecular flexibility index (Phi) is 10.2. The van der Waals surface area contributed by atoms with Crippen LogP contribution in [-0.2, 0) is 17.9 Å². The lowest BCUT2D eigenvalue weighted by molar-refractivity contribution is -0.127. The molecule has 27 heavy (non-hydrogen) atoms. The average Bonchev–Trinajstić information content (AvgIpc) is 2.68. The van der Waals surface area contributed by atoms with Gasteiger partial charge in [-0.1, -0.05) is 48.5 Å². The summed E-state index contributed by atoms with van der Waals surface area (Å²) in [4.78, 5) is 18.0. The van der Waals surface area contributed by atoms with Crippen LogP contribution in [0, 0.1) is 0 Å². The summed E-state index contributed by atoms with van der Waals surface area (Å²) >= 11 is 0. The second kappa shape index (κ2) is 12.2. The van der Waals surface area contributed by atoms with Crippen molar-refractivity contribution in [3.63, 3.8) is 0 Å². The summed E-state index contributed by atoms with van der Waals surface area (Å²) in [6.07, 6.45) is 0. The van der Waals surface area contributed by atoms with Crippen molar-refractivity contribution in [1.82, 2.24) is 15.5 Å². The first kappa shape index (κ1) is 22.8. The number of benzene rings is 2. The molecule has 2 aromatic carbocycles. The monoisotopic (exact) mass is 482 g/mol. The SMILES string of the molecule is COc1ccccc1CNC(=NCc1ccccc1)NCC(=O)N(C)C.I. The van der Waals surface area contributed by atoms with E-state index in [1.807, 2.05) is 54.6 Å². The first-order valence-corrected chi connectivity index (χ1v) is 8.48. The van der Waals surface area contributed by atoms with Gasteiger partial charge in [0.2, 0.25) is 5.91 Å². The van der Waals surface area contributed by atoms with Gasteiger partial charge in [-0.05, 0) is 11.6 Å². The number of amides is 1. The number of guanidine groups is 1. The van der Waals surface area contributed by atoms with Crippen molar-refractivity contribution >= 4 is 35.8 Å². The number of rotatable bonds is 7. The Hall–Kier alpha value is -2.29. The lowest BCUT2D eigenvalue weighted by Gasteiger charge is -2.16. The molecule has 0 bridgehead atoms. The number of carbonyl (C=O) groups is 1. The number of ether oxygens (including phenoxy) is 1. The number of halogens is 1. The molecule has 146 valence electrons. The number of nitrogens with zero attached hydrogens (tertiary/aromatic N) is 2. The van der Waals surface area contributed by atoms with E-state index in [-0.39, 0.29) is 36.4 Å². The van der Waals surface area contributed by atoms with Crippen molar-refractivity contribution in [3.05, 3.63) is 65.7 Å². The van der Waals surface area contributed by atoms with Crippen LogP contribution in [0.5, 0.6) is 5.75 Å². The number of methoxy groups -OCH3 is 1. The summed E-state index contributed by atoms with van der Waals surface area (Å²) in [7, 11) is 5.11. The molecule has 0 aromatic heterocycles. The molecule has 0 aliphatic heterocycles. The lowest BCUT2D eigenvalue weighted by atomic mass is 10.2. The molecular formula is C20H27IN4O2. The predicted octanol–water partition coefficient (Wildman–Crippen LogP) is 2.64. The van der Waals surface area contributed by atoms with E-state index < -0.39 is 0 Å². The van der Waals surface area contributed by atoms with Gasteiger partial charge >= 0.3 is 0 Å². The minimum atomic E-state index is -0.0171. The molecule has 0 unspecified atom stereocenters. The van der Waals surface area contributed by atoms with Crippen LogP contribution in [0.3, 0.4) is 0 Å². The molecule has 0 aliphatic carbocycles. The summed E-state index contributed by atoms with van der Waals surface area (Å²) in [5, 5.41) is 6.35. The van der Waals surface area contributed by atoms with Gasteiger partial charge in [-0.3, -0.25) is 4.79 Å². The smallest absolute Gasteiger partial charge is 0.241 e. The molecule has 0 heterocycles. The molecule has 7 heteroatoms. The summed E-state index contributed by atoms with van der Waals surface area (Å²) < 4.78 is 5.38. The normalized spacial score (nSPS) is 10.6. The van der Waals surface area contributed by atoms with Gasteiger partial charge in [-0.25, -0.2) is 4.99 Å². The van der Waals surface area contributed by atoms with Crippen LogP contribution >= 0.6 is 24.0 Å². The van der Waals surface area contributed by atoms with E-state index >= 15 is 0 Å². The molecule has 0 saturated heterocycles. The molecule has 0 spiro atoms. The van der Waals surface area contributed by atoms with Crippen LogP contribution in [0.2, 0.25) is 0 Å². The van der Waals surface area contributed by atoms with Crippen molar-refractivity contribution < 1.29 is 9.53 Å². The van der Waals surface area contributed by atoms with Gasteiger partial charge in [0.25, 0.3) is 0 Å². The highest BCUT2D eigenvalue weighted by Gasteiger charge is 2.07. The van der Waals surface area contributed by atoms with Crippen molar-refractivity contribution in [2.24, 2.45) is 4.99 Å². The number of nitrogens with one attached hydrogen (secondary N) is 2. The summed E-state index contributed by atoms with van der Waals surface area (Å²) in [5.74, 6) is 1.37. The fourth-order valence-electron chi connectivity index (χ4n) is 2.27. The maximum atomic E-state index is 11.9. The van der Waals surface area contributed by atoms with Crippen molar-refractivity contribution in [2.75, 3.05) is 27.7 Å². The molecule has 1 amide bonds. The Morgan fingerprint density at radius 2 is 1.70 bits per heavy atom. The molecule has 2 aromatic rings. The third-order valence-electron chi connectivity index (χ3n) is 3.81. The number of likely N-dealkylation sites (N-methyl/N-ethyl adjacent to an activating group) is 1. The maximum Gasteiger partial charge on any atom is 0.241 e. The van der Waals surface area contributed by atoms with E-state index in [0.29, 0.717) is 19.0 Å². The van der Waals surface area contributed by atoms with E-state index in [4.69, 9.17) is 4.74 Å². The summed E-state index contributed by atoms with van der Waals surface area (Å²) in [5.41, 5.74) is 2.12. The fourth-order valence-corrected chi connectivity index (χ4v) is 2.27. The van der Waals surface area contributed by atoms with Gasteiger partial charge < -0.3 is 20.3 Å². The molecule has 2 rings (SSSR count). The Labute approximate surface area is 178 Å². The Balaban J connectivity index is 0.00000364. The fraction of sp³-hybridized carbons (Fsp3) is 0.300. The van der Waals surface area contributed by atoms with E-state index in [0.717, 1.165) is 16.9 Å². The number of hydrogen-bond donors (Lipinski definition) is 2. The summed E-state index contributed by atoms with van der Waals surface area (Å²) in [6.45, 7) is 1.25. The van der Waals surface area contributed by atoms with Gasteiger partial charge in [0.15, 0.2) is 5.96 Å². The minimum absolute atomic E-state index is 0. The van der Waals surface area contributed by atoms with Gasteiger partial charge in [0, 0.05) is 26.2 Å². The van der Waals surface area contributed by atoms with Crippen LogP contribution in [0.25, 0.3) is 0 Å². The highest BCUT2D eigenvalue weighted by molar-refractivity contribution is 14.0. The van der Waals surface area contributed by atoms with Crippen LogP contribution in [0.15, 0.2) is 59.6 Å². The zero-order valence-electron chi connectivity index (χ0n) is 15.9. The van der Waals surface area contributed by atoms with Crippen molar-refractivity contribution in [3.8, 4) is 5.75 Å². The zero-order chi connectivity index (χ0) is 18.8. The second-order valence-electron chi connectivity index (χ2n) is 5.96. The topological polar surface area (TPSA) is 66.0 Å². The van der Waals surface area contributed by atoms with E-state index in [1.54, 1.807) is 26.1 Å². The van der Waals surface area contributed by atoms with Gasteiger partial charge in [-0.2, -0.15) is 0 Å². The lowest BCUT2D eigenvalue weighted by Crippen LogP contribution is -2.42. The van der Waals surface area contributed by atoms with Crippen LogP contribution in [0.4, 0.5) is 0 Å². The first-order chi connectivity index (χ1) is 12.6. The number of hydrogen-bond acceptors (Lipinski definition) is 3. The minimum Gasteiger partial charge on any atom is -0.496 e. The quantitative estimate of drug-likeness (QED) is 0.362. The first-order valence-electron chi connectivity index (χ1n) is 8.48. The molecular weight excluding hydrogens is 455 g/mol.